The van der Waals surface area contributed by atoms with Crippen LogP contribution in [0.15, 0.2) is 37.4 Å². The molecule has 0 heterocycles. The Kier molecular flexibility index (Phi) is 5.12. The van der Waals surface area contributed by atoms with Crippen LogP contribution in [0, 0.1) is 0 Å². The Bertz CT molecular complexity index is 300. The minimum absolute atomic E-state index is 0.127. The molecule has 0 aliphatic rings. The van der Waals surface area contributed by atoms with E-state index in [1.807, 2.05) is 13.8 Å². The number of alkyl halides is 3. The Morgan fingerprint density at radius 2 is 1.67 bits per heavy atom. The third-order valence-corrected chi connectivity index (χ3v) is 1.88. The third-order valence-electron chi connectivity index (χ3n) is 1.88. The predicted molar refractivity (Wildman–Crippen MR) is 56.8 cm³/mol. The summed E-state index contributed by atoms with van der Waals surface area (Å²) in [6.45, 7) is 9.74. The van der Waals surface area contributed by atoms with Crippen LogP contribution in [0.3, 0.4) is 0 Å². The van der Waals surface area contributed by atoms with Gasteiger partial charge in [-0.25, -0.2) is 0 Å². The van der Waals surface area contributed by atoms with Crippen LogP contribution >= 0.6 is 0 Å². The van der Waals surface area contributed by atoms with Crippen LogP contribution in [0.5, 0.6) is 0 Å². The average Bonchev–Trinajstić information content (AvgIpc) is 2.20. The van der Waals surface area contributed by atoms with Crippen LogP contribution in [-0.4, -0.2) is 0 Å². The van der Waals surface area contributed by atoms with Crippen molar-refractivity contribution in [3.05, 3.63) is 48.6 Å². The van der Waals surface area contributed by atoms with Gasteiger partial charge in [0.2, 0.25) is 0 Å². The molecule has 0 saturated heterocycles. The summed E-state index contributed by atoms with van der Waals surface area (Å²) in [5.74, 6) is 0.127. The second-order valence-corrected chi connectivity index (χ2v) is 3.28. The molecular weight excluding hydrogens is 201 g/mol. The molecule has 0 saturated carbocycles. The third kappa shape index (κ3) is 4.19. The van der Waals surface area contributed by atoms with Gasteiger partial charge in [-0.1, -0.05) is 32.0 Å². The largest absolute Gasteiger partial charge is 0.416 e. The van der Waals surface area contributed by atoms with Crippen molar-refractivity contribution in [2.45, 2.75) is 25.9 Å². The summed E-state index contributed by atoms with van der Waals surface area (Å²) >= 11 is 0. The van der Waals surface area contributed by atoms with Gasteiger partial charge >= 0.3 is 6.18 Å². The molecular formula is C12H15F3. The molecule has 0 atom stereocenters. The Morgan fingerprint density at radius 1 is 1.13 bits per heavy atom. The van der Waals surface area contributed by atoms with Crippen molar-refractivity contribution in [2.24, 2.45) is 0 Å². The maximum Gasteiger partial charge on any atom is 0.416 e. The standard InChI is InChI=1S/C10H11F3.C2H4/c1-7(2)8-4-3-5-9(6-8)10(11,12)13;1-2/h3-7H,1-2H3;1-2H2. The topological polar surface area (TPSA) is 0 Å². The summed E-state index contributed by atoms with van der Waals surface area (Å²) in [4.78, 5) is 0. The van der Waals surface area contributed by atoms with Gasteiger partial charge < -0.3 is 0 Å². The smallest absolute Gasteiger partial charge is 0.166 e. The minimum atomic E-state index is -4.23. The molecule has 15 heavy (non-hydrogen) atoms. The quantitative estimate of drug-likeness (QED) is 0.600. The van der Waals surface area contributed by atoms with E-state index in [2.05, 4.69) is 13.2 Å². The van der Waals surface area contributed by atoms with Gasteiger partial charge in [0.25, 0.3) is 0 Å². The molecule has 0 bridgehead atoms. The highest BCUT2D eigenvalue weighted by atomic mass is 19.4. The maximum atomic E-state index is 12.2. The van der Waals surface area contributed by atoms with Crippen LogP contribution in [0.25, 0.3) is 0 Å². The monoisotopic (exact) mass is 216 g/mol. The first-order chi connectivity index (χ1) is 6.91. The van der Waals surface area contributed by atoms with E-state index in [0.717, 1.165) is 11.6 Å². The lowest BCUT2D eigenvalue weighted by Gasteiger charge is -2.10. The Labute approximate surface area is 88.4 Å². The van der Waals surface area contributed by atoms with Gasteiger partial charge in [0.05, 0.1) is 5.56 Å². The summed E-state index contributed by atoms with van der Waals surface area (Å²) < 4.78 is 36.7. The highest BCUT2D eigenvalue weighted by Gasteiger charge is 2.30. The van der Waals surface area contributed by atoms with E-state index in [1.54, 1.807) is 6.07 Å². The lowest BCUT2D eigenvalue weighted by molar-refractivity contribution is -0.137. The Morgan fingerprint density at radius 3 is 2.07 bits per heavy atom. The zero-order valence-electron chi connectivity index (χ0n) is 8.93. The van der Waals surface area contributed by atoms with Crippen molar-refractivity contribution in [2.75, 3.05) is 0 Å². The van der Waals surface area contributed by atoms with E-state index in [0.29, 0.717) is 0 Å². The Balaban J connectivity index is 0.000000921. The van der Waals surface area contributed by atoms with Crippen molar-refractivity contribution >= 4 is 0 Å². The fraction of sp³-hybridized carbons (Fsp3) is 0.333. The second-order valence-electron chi connectivity index (χ2n) is 3.28. The van der Waals surface area contributed by atoms with E-state index in [9.17, 15) is 13.2 Å². The fourth-order valence-electron chi connectivity index (χ4n) is 1.07. The van der Waals surface area contributed by atoms with Crippen LogP contribution in [0.2, 0.25) is 0 Å². The van der Waals surface area contributed by atoms with Crippen LogP contribution in [0.4, 0.5) is 13.2 Å². The SMILES string of the molecule is C=C.CC(C)c1cccc(C(F)(F)F)c1. The van der Waals surface area contributed by atoms with Gasteiger partial charge in [-0.05, 0) is 17.5 Å². The fourth-order valence-corrected chi connectivity index (χ4v) is 1.07. The van der Waals surface area contributed by atoms with E-state index >= 15 is 0 Å². The highest BCUT2D eigenvalue weighted by Crippen LogP contribution is 2.30. The second kappa shape index (κ2) is 5.59. The lowest BCUT2D eigenvalue weighted by atomic mass is 10.0. The molecule has 0 N–H and O–H groups in total. The number of benzene rings is 1. The van der Waals surface area contributed by atoms with Gasteiger partial charge in [-0.2, -0.15) is 13.2 Å². The normalized spacial score (nSPS) is 10.8. The molecule has 1 aromatic rings. The van der Waals surface area contributed by atoms with Crippen molar-refractivity contribution in [3.8, 4) is 0 Å². The van der Waals surface area contributed by atoms with E-state index in [4.69, 9.17) is 0 Å². The van der Waals surface area contributed by atoms with E-state index < -0.39 is 11.7 Å². The molecule has 84 valence electrons. The van der Waals surface area contributed by atoms with Crippen molar-refractivity contribution in [1.82, 2.24) is 0 Å². The Hall–Kier alpha value is -1.25. The molecule has 3 heteroatoms. The van der Waals surface area contributed by atoms with Crippen molar-refractivity contribution < 1.29 is 13.2 Å². The van der Waals surface area contributed by atoms with Crippen molar-refractivity contribution in [3.63, 3.8) is 0 Å². The molecule has 1 aromatic carbocycles. The van der Waals surface area contributed by atoms with Gasteiger partial charge in [0.1, 0.15) is 0 Å². The molecule has 0 aliphatic carbocycles. The maximum absolute atomic E-state index is 12.2. The first-order valence-electron chi connectivity index (χ1n) is 4.58. The molecule has 0 aromatic heterocycles. The van der Waals surface area contributed by atoms with Crippen LogP contribution in [-0.2, 0) is 6.18 Å². The summed E-state index contributed by atoms with van der Waals surface area (Å²) in [6.07, 6.45) is -4.23. The summed E-state index contributed by atoms with van der Waals surface area (Å²) in [7, 11) is 0. The first-order valence-corrected chi connectivity index (χ1v) is 4.58. The van der Waals surface area contributed by atoms with Crippen LogP contribution < -0.4 is 0 Å². The van der Waals surface area contributed by atoms with E-state index in [-0.39, 0.29) is 5.92 Å². The average molecular weight is 216 g/mol. The molecule has 1 rings (SSSR count). The number of hydrogen-bond donors (Lipinski definition) is 0. The van der Waals surface area contributed by atoms with Crippen molar-refractivity contribution in [1.29, 1.82) is 0 Å². The first kappa shape index (κ1) is 13.8. The number of halogens is 3. The summed E-state index contributed by atoms with van der Waals surface area (Å²) in [5.41, 5.74) is 0.147. The van der Waals surface area contributed by atoms with Gasteiger partial charge in [0, 0.05) is 0 Å². The van der Waals surface area contributed by atoms with Gasteiger partial charge in [-0.15, -0.1) is 13.2 Å². The van der Waals surface area contributed by atoms with E-state index in [1.165, 1.54) is 12.1 Å². The molecule has 0 fully saturated rings. The van der Waals surface area contributed by atoms with Gasteiger partial charge in [0.15, 0.2) is 0 Å². The highest BCUT2D eigenvalue weighted by molar-refractivity contribution is 5.27. The molecule has 0 nitrogen and oxygen atoms in total. The molecule has 0 amide bonds. The zero-order chi connectivity index (χ0) is 12.1. The summed E-state index contributed by atoms with van der Waals surface area (Å²) in [5, 5.41) is 0. The predicted octanol–water partition coefficient (Wildman–Crippen LogP) is 4.63. The zero-order valence-corrected chi connectivity index (χ0v) is 8.93. The molecule has 0 radical (unpaired) electrons. The summed E-state index contributed by atoms with van der Waals surface area (Å²) in [6, 6.07) is 5.44. The minimum Gasteiger partial charge on any atom is -0.166 e. The molecule has 0 spiro atoms. The lowest BCUT2D eigenvalue weighted by Crippen LogP contribution is -2.05. The van der Waals surface area contributed by atoms with Crippen LogP contribution in [0.1, 0.15) is 30.9 Å². The molecule has 0 aliphatic heterocycles. The number of hydrogen-bond acceptors (Lipinski definition) is 0. The number of rotatable bonds is 1. The van der Waals surface area contributed by atoms with Gasteiger partial charge in [-0.3, -0.25) is 0 Å². The molecule has 0 unspecified atom stereocenters.